The van der Waals surface area contributed by atoms with Crippen molar-refractivity contribution in [3.05, 3.63) is 52.7 Å². The fourth-order valence-corrected chi connectivity index (χ4v) is 2.81. The summed E-state index contributed by atoms with van der Waals surface area (Å²) in [6.07, 6.45) is 8.85. The van der Waals surface area contributed by atoms with Crippen LogP contribution in [0.5, 0.6) is 0 Å². The van der Waals surface area contributed by atoms with E-state index in [2.05, 4.69) is 43.1 Å². The summed E-state index contributed by atoms with van der Waals surface area (Å²) >= 11 is 0. The van der Waals surface area contributed by atoms with Crippen molar-refractivity contribution in [3.8, 4) is 0 Å². The summed E-state index contributed by atoms with van der Waals surface area (Å²) in [5, 5.41) is 0. The van der Waals surface area contributed by atoms with Crippen LogP contribution in [0, 0.1) is 0 Å². The van der Waals surface area contributed by atoms with Gasteiger partial charge in [0.2, 0.25) is 0 Å². The quantitative estimate of drug-likeness (QED) is 0.681. The summed E-state index contributed by atoms with van der Waals surface area (Å²) in [6.45, 7) is 4.30. The third kappa shape index (κ3) is 1.94. The smallest absolute Gasteiger partial charge is 0.0485 e. The summed E-state index contributed by atoms with van der Waals surface area (Å²) in [6, 6.07) is 6.88. The van der Waals surface area contributed by atoms with Crippen molar-refractivity contribution in [3.63, 3.8) is 0 Å². The molecule has 0 atom stereocenters. The van der Waals surface area contributed by atoms with Crippen LogP contribution in [0.4, 0.5) is 0 Å². The molecule has 1 aromatic carbocycles. The van der Waals surface area contributed by atoms with Gasteiger partial charge in [0.15, 0.2) is 0 Å². The van der Waals surface area contributed by atoms with Gasteiger partial charge in [0.25, 0.3) is 0 Å². The molecule has 92 valence electrons. The lowest BCUT2D eigenvalue weighted by molar-refractivity contribution is 0.964. The van der Waals surface area contributed by atoms with Gasteiger partial charge < -0.3 is 0 Å². The molecule has 0 N–H and O–H groups in total. The largest absolute Gasteiger partial charge is 0.261 e. The Labute approximate surface area is 109 Å². The molecule has 0 spiro atoms. The lowest BCUT2D eigenvalue weighted by Crippen LogP contribution is -2.10. The summed E-state index contributed by atoms with van der Waals surface area (Å²) in [7, 11) is 0. The molecule has 2 bridgehead atoms. The minimum absolute atomic E-state index is 1.08. The molecule has 0 amide bonds. The Morgan fingerprint density at radius 1 is 1.06 bits per heavy atom. The van der Waals surface area contributed by atoms with Crippen LogP contribution in [0.15, 0.2) is 41.0 Å². The third-order valence-electron chi connectivity index (χ3n) is 3.97. The van der Waals surface area contributed by atoms with E-state index in [1.54, 1.807) is 0 Å². The molecule has 1 heterocycles. The monoisotopic (exact) mass is 237 g/mol. The van der Waals surface area contributed by atoms with Crippen LogP contribution in [0.25, 0.3) is 5.57 Å². The van der Waals surface area contributed by atoms with Gasteiger partial charge in [0, 0.05) is 17.5 Å². The highest BCUT2D eigenvalue weighted by Crippen LogP contribution is 2.32. The first kappa shape index (κ1) is 11.5. The molecule has 2 aliphatic rings. The van der Waals surface area contributed by atoms with Crippen LogP contribution >= 0.6 is 0 Å². The Kier molecular flexibility index (Phi) is 2.91. The summed E-state index contributed by atoms with van der Waals surface area (Å²) in [4.78, 5) is 4.64. The molecule has 0 saturated carbocycles. The van der Waals surface area contributed by atoms with E-state index >= 15 is 0 Å². The summed E-state index contributed by atoms with van der Waals surface area (Å²) in [5.74, 6) is 0. The fraction of sp³-hybridized carbons (Fsp3) is 0.353. The number of hydrogen-bond donors (Lipinski definition) is 0. The molecule has 0 radical (unpaired) electrons. The first-order valence-corrected chi connectivity index (χ1v) is 6.79. The van der Waals surface area contributed by atoms with Crippen LogP contribution in [0.2, 0.25) is 0 Å². The number of aliphatic imine (C=N–C) groups is 1. The van der Waals surface area contributed by atoms with Crippen molar-refractivity contribution in [2.45, 2.75) is 39.5 Å². The van der Waals surface area contributed by atoms with Crippen LogP contribution in [0.1, 0.15) is 49.8 Å². The van der Waals surface area contributed by atoms with E-state index < -0.39 is 0 Å². The Bertz CT molecular complexity index is 573. The number of fused-ring (bicyclic) bond motifs is 2. The maximum Gasteiger partial charge on any atom is 0.0485 e. The van der Waals surface area contributed by atoms with Crippen molar-refractivity contribution in [1.82, 2.24) is 0 Å². The van der Waals surface area contributed by atoms with Crippen molar-refractivity contribution in [2.24, 2.45) is 4.99 Å². The van der Waals surface area contributed by atoms with Gasteiger partial charge in [-0.25, -0.2) is 0 Å². The molecule has 1 aliphatic carbocycles. The predicted molar refractivity (Wildman–Crippen MR) is 77.9 cm³/mol. The van der Waals surface area contributed by atoms with E-state index in [0.717, 1.165) is 12.8 Å². The van der Waals surface area contributed by atoms with Crippen LogP contribution in [0.3, 0.4) is 0 Å². The van der Waals surface area contributed by atoms with Crippen molar-refractivity contribution < 1.29 is 0 Å². The van der Waals surface area contributed by atoms with Gasteiger partial charge in [-0.1, -0.05) is 29.8 Å². The van der Waals surface area contributed by atoms with Gasteiger partial charge in [0.1, 0.15) is 0 Å². The number of benzene rings is 1. The van der Waals surface area contributed by atoms with Crippen LogP contribution < -0.4 is 0 Å². The fourth-order valence-electron chi connectivity index (χ4n) is 2.81. The maximum atomic E-state index is 4.64. The first-order chi connectivity index (χ1) is 8.78. The predicted octanol–water partition coefficient (Wildman–Crippen LogP) is 4.52. The third-order valence-corrected chi connectivity index (χ3v) is 3.97. The number of allylic oxidation sites excluding steroid dienone is 3. The molecular weight excluding hydrogens is 218 g/mol. The average Bonchev–Trinajstić information content (AvgIpc) is 2.41. The van der Waals surface area contributed by atoms with E-state index in [-0.39, 0.29) is 0 Å². The molecule has 1 aliphatic heterocycles. The zero-order chi connectivity index (χ0) is 12.5. The minimum atomic E-state index is 1.08. The van der Waals surface area contributed by atoms with Gasteiger partial charge in [-0.15, -0.1) is 0 Å². The first-order valence-electron chi connectivity index (χ1n) is 6.79. The van der Waals surface area contributed by atoms with Gasteiger partial charge in [-0.2, -0.15) is 0 Å². The van der Waals surface area contributed by atoms with E-state index in [9.17, 15) is 0 Å². The molecule has 18 heavy (non-hydrogen) atoms. The van der Waals surface area contributed by atoms with Gasteiger partial charge in [-0.05, 0) is 56.2 Å². The molecule has 0 aromatic heterocycles. The van der Waals surface area contributed by atoms with Gasteiger partial charge >= 0.3 is 0 Å². The average molecular weight is 237 g/mol. The zero-order valence-electron chi connectivity index (χ0n) is 11.2. The normalized spacial score (nSPS) is 20.7. The lowest BCUT2D eigenvalue weighted by atomic mass is 9.84. The highest BCUT2D eigenvalue weighted by atomic mass is 14.7. The number of nitrogens with zero attached hydrogens (tertiary/aromatic N) is 1. The summed E-state index contributed by atoms with van der Waals surface area (Å²) in [5.41, 5.74) is 8.33. The van der Waals surface area contributed by atoms with E-state index in [1.165, 1.54) is 46.4 Å². The van der Waals surface area contributed by atoms with Crippen molar-refractivity contribution >= 4 is 11.3 Å². The van der Waals surface area contributed by atoms with Gasteiger partial charge in [-0.3, -0.25) is 4.99 Å². The van der Waals surface area contributed by atoms with Crippen LogP contribution in [-0.4, -0.2) is 5.71 Å². The molecule has 0 unspecified atom stereocenters. The lowest BCUT2D eigenvalue weighted by Gasteiger charge is -2.21. The van der Waals surface area contributed by atoms with Crippen molar-refractivity contribution in [2.75, 3.05) is 0 Å². The SMILES string of the molecule is CC=C1CCc2ccc(C3=NC=C(C)CC3)c1c2. The Balaban J connectivity index is 2.09. The number of aryl methyl sites for hydroxylation is 1. The second-order valence-electron chi connectivity index (χ2n) is 5.25. The van der Waals surface area contributed by atoms with E-state index in [0.29, 0.717) is 0 Å². The molecule has 1 aromatic rings. The molecule has 1 heteroatoms. The minimum Gasteiger partial charge on any atom is -0.261 e. The highest BCUT2D eigenvalue weighted by Gasteiger charge is 2.18. The standard InChI is InChI=1S/C17H19N/c1-3-14-7-5-13-6-8-15(16(14)10-13)17-9-4-12(2)11-18-17/h3,6,8,10-11H,4-5,7,9H2,1-2H3. The Morgan fingerprint density at radius 3 is 2.67 bits per heavy atom. The second-order valence-corrected chi connectivity index (χ2v) is 5.25. The molecule has 0 fully saturated rings. The van der Waals surface area contributed by atoms with Crippen LogP contribution in [-0.2, 0) is 6.42 Å². The zero-order valence-corrected chi connectivity index (χ0v) is 11.2. The van der Waals surface area contributed by atoms with Gasteiger partial charge in [0.05, 0.1) is 0 Å². The maximum absolute atomic E-state index is 4.64. The Morgan fingerprint density at radius 2 is 1.94 bits per heavy atom. The second kappa shape index (κ2) is 4.56. The Hall–Kier alpha value is -1.63. The molecule has 1 nitrogen and oxygen atoms in total. The topological polar surface area (TPSA) is 12.4 Å². The number of rotatable bonds is 1. The molecule has 3 rings (SSSR count). The summed E-state index contributed by atoms with van der Waals surface area (Å²) < 4.78 is 0. The molecular formula is C17H19N. The van der Waals surface area contributed by atoms with E-state index in [1.807, 2.05) is 6.20 Å². The molecule has 0 saturated heterocycles. The van der Waals surface area contributed by atoms with Crippen molar-refractivity contribution in [1.29, 1.82) is 0 Å². The van der Waals surface area contributed by atoms with E-state index in [4.69, 9.17) is 0 Å². The highest BCUT2D eigenvalue weighted by molar-refractivity contribution is 6.05. The number of hydrogen-bond acceptors (Lipinski definition) is 1.